The van der Waals surface area contributed by atoms with Crippen molar-refractivity contribution in [2.45, 2.75) is 49.9 Å². The van der Waals surface area contributed by atoms with Crippen molar-refractivity contribution in [3.63, 3.8) is 0 Å². The zero-order valence-corrected chi connectivity index (χ0v) is 13.0. The molecule has 0 spiro atoms. The van der Waals surface area contributed by atoms with E-state index in [0.717, 1.165) is 17.7 Å². The highest BCUT2D eigenvalue weighted by molar-refractivity contribution is 8.06. The fourth-order valence-corrected chi connectivity index (χ4v) is 5.55. The summed E-state index contributed by atoms with van der Waals surface area (Å²) in [5, 5.41) is 4.40. The van der Waals surface area contributed by atoms with Crippen molar-refractivity contribution in [2.24, 2.45) is 0 Å². The predicted molar refractivity (Wildman–Crippen MR) is 86.3 cm³/mol. The second-order valence-electron chi connectivity index (χ2n) is 5.45. The van der Waals surface area contributed by atoms with E-state index in [1.54, 1.807) is 0 Å². The summed E-state index contributed by atoms with van der Waals surface area (Å²) in [6.45, 7) is 1.10. The van der Waals surface area contributed by atoms with Gasteiger partial charge in [-0.2, -0.15) is 23.5 Å². The number of nitrogens with zero attached hydrogens (tertiary/aromatic N) is 2. The van der Waals surface area contributed by atoms with E-state index in [-0.39, 0.29) is 0 Å². The number of imidazole rings is 1. The van der Waals surface area contributed by atoms with Crippen LogP contribution in [0.5, 0.6) is 0 Å². The first kappa shape index (κ1) is 13.7. The number of hydrogen-bond acceptors (Lipinski definition) is 4. The average Bonchev–Trinajstić information content (AvgIpc) is 2.88. The molecule has 1 aliphatic carbocycles. The minimum atomic E-state index is 0.642. The minimum absolute atomic E-state index is 0.642. The molecule has 1 aromatic heterocycles. The van der Waals surface area contributed by atoms with Crippen molar-refractivity contribution in [1.29, 1.82) is 0 Å². The molecule has 106 valence electrons. The zero-order chi connectivity index (χ0) is 12.9. The molecule has 1 aliphatic heterocycles. The molecule has 3 nitrogen and oxygen atoms in total. The Labute approximate surface area is 124 Å². The topological polar surface area (TPSA) is 29.9 Å². The fraction of sp³-hybridized carbons (Fsp3) is 0.786. The Bertz CT molecular complexity index is 347. The van der Waals surface area contributed by atoms with Gasteiger partial charge in [-0.05, 0) is 12.8 Å². The lowest BCUT2D eigenvalue weighted by Gasteiger charge is -2.25. The van der Waals surface area contributed by atoms with Gasteiger partial charge in [0.1, 0.15) is 0 Å². The third-order valence-corrected chi connectivity index (χ3v) is 6.77. The van der Waals surface area contributed by atoms with Crippen LogP contribution in [-0.2, 0) is 6.54 Å². The first-order chi connectivity index (χ1) is 9.42. The van der Waals surface area contributed by atoms with Crippen molar-refractivity contribution in [3.05, 3.63) is 12.4 Å². The third kappa shape index (κ3) is 3.85. The SMILES string of the molecule is c1cn(CC2CSCCS2)c(NC2CCCCC2)n1. The van der Waals surface area contributed by atoms with Gasteiger partial charge in [-0.1, -0.05) is 19.3 Å². The van der Waals surface area contributed by atoms with Gasteiger partial charge in [0.05, 0.1) is 0 Å². The largest absolute Gasteiger partial charge is 0.353 e. The molecule has 1 N–H and O–H groups in total. The Hall–Kier alpha value is -0.290. The van der Waals surface area contributed by atoms with E-state index in [0.29, 0.717) is 6.04 Å². The van der Waals surface area contributed by atoms with Gasteiger partial charge in [0.15, 0.2) is 0 Å². The summed E-state index contributed by atoms with van der Waals surface area (Å²) in [5.41, 5.74) is 0. The maximum absolute atomic E-state index is 4.51. The lowest BCUT2D eigenvalue weighted by atomic mass is 9.96. The monoisotopic (exact) mass is 297 g/mol. The van der Waals surface area contributed by atoms with Crippen LogP contribution in [0.4, 0.5) is 5.95 Å². The minimum Gasteiger partial charge on any atom is -0.353 e. The van der Waals surface area contributed by atoms with Crippen LogP contribution < -0.4 is 5.32 Å². The summed E-state index contributed by atoms with van der Waals surface area (Å²) in [7, 11) is 0. The van der Waals surface area contributed by atoms with Crippen molar-refractivity contribution in [3.8, 4) is 0 Å². The second-order valence-corrected chi connectivity index (χ2v) is 8.01. The van der Waals surface area contributed by atoms with E-state index in [1.807, 2.05) is 6.20 Å². The van der Waals surface area contributed by atoms with Gasteiger partial charge in [0.25, 0.3) is 0 Å². The van der Waals surface area contributed by atoms with Gasteiger partial charge < -0.3 is 9.88 Å². The summed E-state index contributed by atoms with van der Waals surface area (Å²) in [5.74, 6) is 4.99. The van der Waals surface area contributed by atoms with Crippen molar-refractivity contribution in [1.82, 2.24) is 9.55 Å². The molecule has 2 fully saturated rings. The zero-order valence-electron chi connectivity index (χ0n) is 11.4. The van der Waals surface area contributed by atoms with E-state index in [2.05, 4.69) is 44.6 Å². The van der Waals surface area contributed by atoms with Crippen LogP contribution >= 0.6 is 23.5 Å². The van der Waals surface area contributed by atoms with Crippen LogP contribution in [-0.4, -0.2) is 38.1 Å². The Morgan fingerprint density at radius 2 is 2.16 bits per heavy atom. The number of hydrogen-bond donors (Lipinski definition) is 1. The standard InChI is InChI=1S/C14H23N3S2/c1-2-4-12(5-3-1)16-14-15-6-7-17(14)10-13-11-18-8-9-19-13/h6-7,12-13H,1-5,8-11H2,(H,15,16). The molecule has 5 heteroatoms. The summed E-state index contributed by atoms with van der Waals surface area (Å²) in [4.78, 5) is 4.51. The molecule has 3 rings (SSSR count). The first-order valence-electron chi connectivity index (χ1n) is 7.39. The number of aromatic nitrogens is 2. The summed E-state index contributed by atoms with van der Waals surface area (Å²) >= 11 is 4.21. The third-order valence-electron chi connectivity index (χ3n) is 3.94. The van der Waals surface area contributed by atoms with Gasteiger partial charge >= 0.3 is 0 Å². The highest BCUT2D eigenvalue weighted by Crippen LogP contribution is 2.26. The maximum Gasteiger partial charge on any atom is 0.203 e. The molecule has 1 saturated heterocycles. The van der Waals surface area contributed by atoms with Gasteiger partial charge in [-0.3, -0.25) is 0 Å². The molecule has 1 saturated carbocycles. The van der Waals surface area contributed by atoms with Crippen LogP contribution in [0, 0.1) is 0 Å². The highest BCUT2D eigenvalue weighted by Gasteiger charge is 2.18. The molecule has 1 aromatic rings. The summed E-state index contributed by atoms with van der Waals surface area (Å²) in [6.07, 6.45) is 10.8. The lowest BCUT2D eigenvalue weighted by Crippen LogP contribution is -2.26. The van der Waals surface area contributed by atoms with Gasteiger partial charge in [-0.15, -0.1) is 0 Å². The molecular weight excluding hydrogens is 274 g/mol. The molecule has 19 heavy (non-hydrogen) atoms. The van der Waals surface area contributed by atoms with Crippen molar-refractivity contribution >= 4 is 29.5 Å². The predicted octanol–water partition coefficient (Wildman–Crippen LogP) is 3.48. The number of thioether (sulfide) groups is 2. The van der Waals surface area contributed by atoms with Gasteiger partial charge in [-0.25, -0.2) is 4.98 Å². The van der Waals surface area contributed by atoms with Gasteiger partial charge in [0, 0.05) is 47.5 Å². The van der Waals surface area contributed by atoms with Gasteiger partial charge in [0.2, 0.25) is 5.95 Å². The summed E-state index contributed by atoms with van der Waals surface area (Å²) in [6, 6.07) is 0.642. The van der Waals surface area contributed by atoms with Crippen LogP contribution in [0.1, 0.15) is 32.1 Å². The molecular formula is C14H23N3S2. The molecule has 1 atom stereocenters. The Morgan fingerprint density at radius 1 is 1.26 bits per heavy atom. The van der Waals surface area contributed by atoms with Crippen LogP contribution in [0.15, 0.2) is 12.4 Å². The summed E-state index contributed by atoms with van der Waals surface area (Å²) < 4.78 is 2.32. The normalized spacial score (nSPS) is 25.4. The number of anilines is 1. The van der Waals surface area contributed by atoms with Crippen molar-refractivity contribution in [2.75, 3.05) is 22.6 Å². The van der Waals surface area contributed by atoms with Crippen LogP contribution in [0.3, 0.4) is 0 Å². The molecule has 0 amide bonds. The maximum atomic E-state index is 4.51. The van der Waals surface area contributed by atoms with E-state index in [1.165, 1.54) is 49.4 Å². The molecule has 0 aromatic carbocycles. The number of rotatable bonds is 4. The quantitative estimate of drug-likeness (QED) is 0.921. The number of nitrogens with one attached hydrogen (secondary N) is 1. The molecule has 2 heterocycles. The Morgan fingerprint density at radius 3 is 2.95 bits per heavy atom. The van der Waals surface area contributed by atoms with E-state index >= 15 is 0 Å². The second kappa shape index (κ2) is 6.93. The van der Waals surface area contributed by atoms with E-state index < -0.39 is 0 Å². The van der Waals surface area contributed by atoms with E-state index in [9.17, 15) is 0 Å². The average molecular weight is 297 g/mol. The Kier molecular flexibility index (Phi) is 4.99. The fourth-order valence-electron chi connectivity index (χ4n) is 2.89. The Balaban J connectivity index is 1.57. The van der Waals surface area contributed by atoms with Crippen LogP contribution in [0.25, 0.3) is 0 Å². The smallest absolute Gasteiger partial charge is 0.203 e. The molecule has 0 radical (unpaired) electrons. The molecule has 0 bridgehead atoms. The molecule has 2 aliphatic rings. The molecule has 1 unspecified atom stereocenters. The van der Waals surface area contributed by atoms with Crippen molar-refractivity contribution < 1.29 is 0 Å². The lowest BCUT2D eigenvalue weighted by molar-refractivity contribution is 0.459. The first-order valence-corrected chi connectivity index (χ1v) is 9.59. The highest BCUT2D eigenvalue weighted by atomic mass is 32.2. The van der Waals surface area contributed by atoms with Crippen LogP contribution in [0.2, 0.25) is 0 Å². The van der Waals surface area contributed by atoms with E-state index in [4.69, 9.17) is 0 Å².